The Morgan fingerprint density at radius 2 is 2.07 bits per heavy atom. The Kier molecular flexibility index (Phi) is 4.65. The van der Waals surface area contributed by atoms with Crippen LogP contribution < -0.4 is 5.32 Å². The molecule has 3 atom stereocenters. The number of hydrogen-bond acceptors (Lipinski definition) is 4. The molecule has 27 heavy (non-hydrogen) atoms. The minimum Gasteiger partial charge on any atom is -0.375 e. The number of amides is 2. The number of carbonyl (C=O) groups excluding carboxylic acids is 1. The Morgan fingerprint density at radius 1 is 1.30 bits per heavy atom. The predicted octanol–water partition coefficient (Wildman–Crippen LogP) is 2.98. The molecular weight excluding hydrogens is 344 g/mol. The number of nitrogens with one attached hydrogen (secondary N) is 1. The second kappa shape index (κ2) is 6.98. The number of hydrogen-bond donors (Lipinski definition) is 1. The third-order valence-corrected chi connectivity index (χ3v) is 5.42. The molecule has 0 aliphatic carbocycles. The summed E-state index contributed by atoms with van der Waals surface area (Å²) >= 11 is 0. The van der Waals surface area contributed by atoms with Gasteiger partial charge in [0.1, 0.15) is 5.60 Å². The van der Waals surface area contributed by atoms with Crippen LogP contribution in [0.4, 0.5) is 10.6 Å². The third kappa shape index (κ3) is 3.44. The number of aromatic nitrogens is 2. The van der Waals surface area contributed by atoms with E-state index in [1.54, 1.807) is 0 Å². The van der Waals surface area contributed by atoms with Crippen molar-refractivity contribution in [1.82, 2.24) is 14.7 Å². The lowest BCUT2D eigenvalue weighted by Gasteiger charge is -2.44. The fourth-order valence-electron chi connectivity index (χ4n) is 4.01. The van der Waals surface area contributed by atoms with Crippen molar-refractivity contribution < 1.29 is 14.3 Å². The van der Waals surface area contributed by atoms with Gasteiger partial charge in [0.2, 0.25) is 0 Å². The van der Waals surface area contributed by atoms with E-state index in [1.807, 2.05) is 66.8 Å². The highest BCUT2D eigenvalue weighted by Gasteiger charge is 2.48. The molecule has 2 aliphatic heterocycles. The topological polar surface area (TPSA) is 68.6 Å². The largest absolute Gasteiger partial charge is 0.375 e. The average Bonchev–Trinajstić information content (AvgIpc) is 3.18. The highest BCUT2D eigenvalue weighted by atomic mass is 16.6. The quantitative estimate of drug-likeness (QED) is 0.882. The second-order valence-electron chi connectivity index (χ2n) is 7.49. The van der Waals surface area contributed by atoms with Crippen LogP contribution in [0, 0.1) is 6.92 Å². The van der Waals surface area contributed by atoms with Crippen molar-refractivity contribution in [3.8, 4) is 5.69 Å². The molecule has 0 saturated carbocycles. The van der Waals surface area contributed by atoms with Crippen molar-refractivity contribution in [1.29, 1.82) is 0 Å². The molecule has 3 heterocycles. The van der Waals surface area contributed by atoms with Crippen LogP contribution >= 0.6 is 0 Å². The van der Waals surface area contributed by atoms with Crippen LogP contribution in [-0.4, -0.2) is 58.2 Å². The minimum atomic E-state index is -0.408. The van der Waals surface area contributed by atoms with E-state index in [4.69, 9.17) is 9.47 Å². The van der Waals surface area contributed by atoms with Gasteiger partial charge in [-0.05, 0) is 32.9 Å². The zero-order valence-corrected chi connectivity index (χ0v) is 16.0. The van der Waals surface area contributed by atoms with Gasteiger partial charge >= 0.3 is 6.03 Å². The number of aryl methyl sites for hydroxylation is 1. The lowest BCUT2D eigenvalue weighted by Crippen LogP contribution is -2.60. The lowest BCUT2D eigenvalue weighted by molar-refractivity contribution is -0.159. The van der Waals surface area contributed by atoms with Crippen molar-refractivity contribution in [2.24, 2.45) is 0 Å². The van der Waals surface area contributed by atoms with Crippen molar-refractivity contribution >= 4 is 11.8 Å². The van der Waals surface area contributed by atoms with Gasteiger partial charge in [-0.15, -0.1) is 5.10 Å². The Labute approximate surface area is 159 Å². The molecule has 2 amide bonds. The molecule has 144 valence electrons. The van der Waals surface area contributed by atoms with Crippen LogP contribution in [0.25, 0.3) is 5.69 Å². The van der Waals surface area contributed by atoms with Gasteiger partial charge in [0.15, 0.2) is 5.82 Å². The van der Waals surface area contributed by atoms with E-state index >= 15 is 0 Å². The highest BCUT2D eigenvalue weighted by molar-refractivity contribution is 5.88. The monoisotopic (exact) mass is 370 g/mol. The van der Waals surface area contributed by atoms with E-state index in [9.17, 15) is 4.79 Å². The Bertz CT molecular complexity index is 822. The van der Waals surface area contributed by atoms with Gasteiger partial charge in [0, 0.05) is 31.3 Å². The molecular formula is C20H26N4O3. The SMILES string of the molecule is Cc1cc(NC(=O)N2CC(C)OC3(CCOC3C)C2)nn1-c1ccccc1. The van der Waals surface area contributed by atoms with Crippen molar-refractivity contribution in [2.75, 3.05) is 25.0 Å². The second-order valence-corrected chi connectivity index (χ2v) is 7.49. The average molecular weight is 370 g/mol. The summed E-state index contributed by atoms with van der Waals surface area (Å²) in [6.45, 7) is 7.75. The first-order valence-corrected chi connectivity index (χ1v) is 9.44. The first kappa shape index (κ1) is 18.0. The first-order valence-electron chi connectivity index (χ1n) is 9.44. The van der Waals surface area contributed by atoms with E-state index in [0.29, 0.717) is 25.5 Å². The number of benzene rings is 1. The summed E-state index contributed by atoms with van der Waals surface area (Å²) in [6, 6.07) is 11.6. The van der Waals surface area contributed by atoms with Crippen LogP contribution in [0.3, 0.4) is 0 Å². The van der Waals surface area contributed by atoms with Gasteiger partial charge in [-0.3, -0.25) is 5.32 Å². The van der Waals surface area contributed by atoms with Gasteiger partial charge in [-0.1, -0.05) is 18.2 Å². The number of urea groups is 1. The highest BCUT2D eigenvalue weighted by Crippen LogP contribution is 2.35. The summed E-state index contributed by atoms with van der Waals surface area (Å²) < 4.78 is 13.7. The molecule has 2 aromatic rings. The molecule has 0 radical (unpaired) electrons. The number of carbonyl (C=O) groups is 1. The predicted molar refractivity (Wildman–Crippen MR) is 102 cm³/mol. The number of nitrogens with zero attached hydrogens (tertiary/aromatic N) is 3. The number of rotatable bonds is 2. The molecule has 3 unspecified atom stereocenters. The molecule has 1 spiro atoms. The number of para-hydroxylation sites is 1. The molecule has 2 aliphatic rings. The van der Waals surface area contributed by atoms with Gasteiger partial charge < -0.3 is 14.4 Å². The Hall–Kier alpha value is -2.38. The minimum absolute atomic E-state index is 0.0184. The fraction of sp³-hybridized carbons (Fsp3) is 0.500. The van der Waals surface area contributed by atoms with Crippen LogP contribution in [0.1, 0.15) is 26.0 Å². The zero-order valence-electron chi connectivity index (χ0n) is 16.0. The van der Waals surface area contributed by atoms with Crippen LogP contribution in [0.5, 0.6) is 0 Å². The molecule has 2 fully saturated rings. The normalized spacial score (nSPS) is 27.9. The molecule has 7 heteroatoms. The Morgan fingerprint density at radius 3 is 2.78 bits per heavy atom. The number of ether oxygens (including phenoxy) is 2. The molecule has 7 nitrogen and oxygen atoms in total. The van der Waals surface area contributed by atoms with Crippen LogP contribution in [0.15, 0.2) is 36.4 Å². The summed E-state index contributed by atoms with van der Waals surface area (Å²) in [7, 11) is 0. The summed E-state index contributed by atoms with van der Waals surface area (Å²) in [5, 5.41) is 7.48. The molecule has 1 N–H and O–H groups in total. The summed E-state index contributed by atoms with van der Waals surface area (Å²) in [4.78, 5) is 14.7. The number of anilines is 1. The van der Waals surface area contributed by atoms with Gasteiger partial charge in [-0.25, -0.2) is 9.48 Å². The third-order valence-electron chi connectivity index (χ3n) is 5.42. The van der Waals surface area contributed by atoms with Crippen LogP contribution in [-0.2, 0) is 9.47 Å². The molecule has 0 bridgehead atoms. The molecule has 4 rings (SSSR count). The molecule has 2 saturated heterocycles. The smallest absolute Gasteiger partial charge is 0.323 e. The zero-order chi connectivity index (χ0) is 19.0. The summed E-state index contributed by atoms with van der Waals surface area (Å²) in [5.74, 6) is 0.547. The maximum Gasteiger partial charge on any atom is 0.323 e. The van der Waals surface area contributed by atoms with E-state index in [1.165, 1.54) is 0 Å². The molecule has 1 aromatic carbocycles. The number of morpholine rings is 1. The van der Waals surface area contributed by atoms with Crippen molar-refractivity contribution in [2.45, 2.75) is 45.0 Å². The Balaban J connectivity index is 1.49. The summed E-state index contributed by atoms with van der Waals surface area (Å²) in [6.07, 6.45) is 0.761. The standard InChI is InChI=1S/C20H26N4O3/c1-14-11-18(22-24(14)17-7-5-4-6-8-17)21-19(25)23-12-15(2)27-20(13-23)9-10-26-16(20)3/h4-8,11,15-16H,9-10,12-13H2,1-3H3,(H,21,22,25). The van der Waals surface area contributed by atoms with E-state index in [0.717, 1.165) is 17.8 Å². The van der Waals surface area contributed by atoms with Gasteiger partial charge in [0.05, 0.1) is 24.4 Å². The van der Waals surface area contributed by atoms with Crippen LogP contribution in [0.2, 0.25) is 0 Å². The van der Waals surface area contributed by atoms with E-state index in [2.05, 4.69) is 10.4 Å². The van der Waals surface area contributed by atoms with Gasteiger partial charge in [0.25, 0.3) is 0 Å². The van der Waals surface area contributed by atoms with E-state index in [-0.39, 0.29) is 18.2 Å². The first-order chi connectivity index (χ1) is 13.0. The summed E-state index contributed by atoms with van der Waals surface area (Å²) in [5.41, 5.74) is 1.52. The fourth-order valence-corrected chi connectivity index (χ4v) is 4.01. The molecule has 1 aromatic heterocycles. The van der Waals surface area contributed by atoms with Gasteiger partial charge in [-0.2, -0.15) is 0 Å². The maximum absolute atomic E-state index is 12.9. The van der Waals surface area contributed by atoms with Crippen molar-refractivity contribution in [3.63, 3.8) is 0 Å². The van der Waals surface area contributed by atoms with E-state index < -0.39 is 5.60 Å². The lowest BCUT2D eigenvalue weighted by atomic mass is 9.93. The maximum atomic E-state index is 12.9. The van der Waals surface area contributed by atoms with Crippen molar-refractivity contribution in [3.05, 3.63) is 42.1 Å².